The third-order valence-corrected chi connectivity index (χ3v) is 6.89. The zero-order chi connectivity index (χ0) is 17.9. The fourth-order valence-electron chi connectivity index (χ4n) is 3.04. The van der Waals surface area contributed by atoms with Gasteiger partial charge in [-0.2, -0.15) is 13.1 Å². The molecule has 1 aliphatic heterocycles. The molecule has 1 aromatic carbocycles. The smallest absolute Gasteiger partial charge is 0.245 e. The van der Waals surface area contributed by atoms with Gasteiger partial charge in [0.2, 0.25) is 15.9 Å². The van der Waals surface area contributed by atoms with Gasteiger partial charge in [-0.15, -0.1) is 0 Å². The molecule has 1 fully saturated rings. The maximum Gasteiger partial charge on any atom is 0.245 e. The van der Waals surface area contributed by atoms with Crippen molar-refractivity contribution < 1.29 is 13.2 Å². The normalized spacial score (nSPS) is 19.2. The average molecular weight is 383 g/mol. The third-order valence-electron chi connectivity index (χ3n) is 4.45. The summed E-state index contributed by atoms with van der Waals surface area (Å²) in [5.74, 6) is -0.352. The number of carbonyl (C=O) groups is 1. The number of sulfonamides is 1. The van der Waals surface area contributed by atoms with Crippen LogP contribution in [-0.4, -0.2) is 47.0 Å². The molecule has 0 bridgehead atoms. The quantitative estimate of drug-likeness (QED) is 0.772. The molecule has 0 unspecified atom stereocenters. The molecule has 1 aliphatic rings. The molecule has 136 valence electrons. The van der Waals surface area contributed by atoms with E-state index in [0.717, 1.165) is 24.6 Å². The second kappa shape index (κ2) is 7.76. The van der Waals surface area contributed by atoms with Crippen LogP contribution < -0.4 is 5.32 Å². The minimum Gasteiger partial charge on any atom is -0.356 e. The van der Waals surface area contributed by atoms with Crippen molar-refractivity contribution in [1.29, 1.82) is 0 Å². The molecule has 1 N–H and O–H groups in total. The molecular formula is C16H22N4O3S2. The summed E-state index contributed by atoms with van der Waals surface area (Å²) in [4.78, 5) is 12.5. The van der Waals surface area contributed by atoms with Crippen molar-refractivity contribution in [2.75, 3.05) is 19.6 Å². The van der Waals surface area contributed by atoms with Gasteiger partial charge in [-0.25, -0.2) is 8.42 Å². The van der Waals surface area contributed by atoms with Crippen molar-refractivity contribution in [3.8, 4) is 0 Å². The van der Waals surface area contributed by atoms with Gasteiger partial charge >= 0.3 is 0 Å². The Morgan fingerprint density at radius 1 is 1.40 bits per heavy atom. The summed E-state index contributed by atoms with van der Waals surface area (Å²) in [5.41, 5.74) is 0.985. The zero-order valence-electron chi connectivity index (χ0n) is 14.1. The number of carbonyl (C=O) groups excluding carboxylic acids is 1. The predicted molar refractivity (Wildman–Crippen MR) is 96.8 cm³/mol. The number of benzene rings is 1. The van der Waals surface area contributed by atoms with Gasteiger partial charge < -0.3 is 5.32 Å². The van der Waals surface area contributed by atoms with Crippen molar-refractivity contribution in [3.63, 3.8) is 0 Å². The Kier molecular flexibility index (Phi) is 5.65. The number of amides is 1. The Balaban J connectivity index is 1.78. The second-order valence-electron chi connectivity index (χ2n) is 6.23. The number of nitrogens with one attached hydrogen (secondary N) is 1. The first-order valence-corrected chi connectivity index (χ1v) is 10.7. The minimum atomic E-state index is -3.69. The molecule has 3 rings (SSSR count). The highest BCUT2D eigenvalue weighted by atomic mass is 32.2. The minimum absolute atomic E-state index is 0.0538. The van der Waals surface area contributed by atoms with Crippen LogP contribution in [0.25, 0.3) is 11.0 Å². The van der Waals surface area contributed by atoms with E-state index in [0.29, 0.717) is 37.0 Å². The highest BCUT2D eigenvalue weighted by Gasteiger charge is 2.34. The number of aromatic nitrogens is 2. The monoisotopic (exact) mass is 382 g/mol. The Hall–Kier alpha value is -1.58. The van der Waals surface area contributed by atoms with Crippen LogP contribution in [0.4, 0.5) is 0 Å². The Morgan fingerprint density at radius 3 is 3.04 bits per heavy atom. The second-order valence-corrected chi connectivity index (χ2v) is 8.67. The van der Waals surface area contributed by atoms with Gasteiger partial charge in [-0.3, -0.25) is 4.79 Å². The Morgan fingerprint density at radius 2 is 2.24 bits per heavy atom. The maximum absolute atomic E-state index is 13.1. The van der Waals surface area contributed by atoms with E-state index < -0.39 is 10.0 Å². The summed E-state index contributed by atoms with van der Waals surface area (Å²) in [5, 5.41) is 2.91. The van der Waals surface area contributed by atoms with Crippen LogP contribution in [0.3, 0.4) is 0 Å². The average Bonchev–Trinajstić information content (AvgIpc) is 3.10. The van der Waals surface area contributed by atoms with Crippen molar-refractivity contribution in [1.82, 2.24) is 18.4 Å². The Labute approximate surface area is 151 Å². The Bertz CT molecular complexity index is 850. The zero-order valence-corrected chi connectivity index (χ0v) is 15.8. The van der Waals surface area contributed by atoms with Gasteiger partial charge in [-0.1, -0.05) is 19.4 Å². The maximum atomic E-state index is 13.1. The van der Waals surface area contributed by atoms with Crippen LogP contribution in [0.1, 0.15) is 32.6 Å². The number of hydrogen-bond donors (Lipinski definition) is 1. The largest absolute Gasteiger partial charge is 0.356 e. The number of rotatable bonds is 6. The van der Waals surface area contributed by atoms with E-state index in [2.05, 4.69) is 21.0 Å². The molecule has 9 heteroatoms. The third kappa shape index (κ3) is 3.83. The van der Waals surface area contributed by atoms with Crippen molar-refractivity contribution >= 4 is 38.7 Å². The SMILES string of the molecule is CCCCNC(=O)[C@H]1CCCN(S(=O)(=O)c2cccc3nsnc23)C1. The molecule has 1 amide bonds. The van der Waals surface area contributed by atoms with Crippen LogP contribution >= 0.6 is 11.7 Å². The van der Waals surface area contributed by atoms with E-state index in [1.165, 1.54) is 4.31 Å². The molecule has 2 heterocycles. The van der Waals surface area contributed by atoms with Crippen molar-refractivity contribution in [3.05, 3.63) is 18.2 Å². The molecular weight excluding hydrogens is 360 g/mol. The van der Waals surface area contributed by atoms with E-state index in [-0.39, 0.29) is 23.3 Å². The van der Waals surface area contributed by atoms with Crippen LogP contribution in [-0.2, 0) is 14.8 Å². The van der Waals surface area contributed by atoms with E-state index in [4.69, 9.17) is 0 Å². The highest BCUT2D eigenvalue weighted by Crippen LogP contribution is 2.28. The molecule has 0 saturated carbocycles. The number of hydrogen-bond acceptors (Lipinski definition) is 6. The molecule has 1 saturated heterocycles. The molecule has 1 aromatic heterocycles. The van der Waals surface area contributed by atoms with Crippen molar-refractivity contribution in [2.24, 2.45) is 5.92 Å². The summed E-state index contributed by atoms with van der Waals surface area (Å²) in [7, 11) is -3.69. The van der Waals surface area contributed by atoms with Crippen LogP contribution in [0.2, 0.25) is 0 Å². The van der Waals surface area contributed by atoms with Crippen LogP contribution in [0, 0.1) is 5.92 Å². The number of nitrogens with zero attached hydrogens (tertiary/aromatic N) is 3. The summed E-state index contributed by atoms with van der Waals surface area (Å²) >= 11 is 0.999. The molecule has 7 nitrogen and oxygen atoms in total. The van der Waals surface area contributed by atoms with Crippen LogP contribution in [0.5, 0.6) is 0 Å². The number of fused-ring (bicyclic) bond motifs is 1. The van der Waals surface area contributed by atoms with E-state index >= 15 is 0 Å². The lowest BCUT2D eigenvalue weighted by Gasteiger charge is -2.31. The molecule has 0 aliphatic carbocycles. The van der Waals surface area contributed by atoms with Gasteiger partial charge in [0.15, 0.2) is 0 Å². The summed E-state index contributed by atoms with van der Waals surface area (Å²) in [6, 6.07) is 4.98. The first kappa shape index (κ1) is 18.2. The summed E-state index contributed by atoms with van der Waals surface area (Å²) < 4.78 is 35.8. The molecule has 25 heavy (non-hydrogen) atoms. The van der Waals surface area contributed by atoms with Gasteiger partial charge in [-0.05, 0) is 31.4 Å². The summed E-state index contributed by atoms with van der Waals surface area (Å²) in [6.07, 6.45) is 3.33. The van der Waals surface area contributed by atoms with Crippen LogP contribution in [0.15, 0.2) is 23.1 Å². The van der Waals surface area contributed by atoms with E-state index in [9.17, 15) is 13.2 Å². The molecule has 0 radical (unpaired) electrons. The molecule has 0 spiro atoms. The van der Waals surface area contributed by atoms with E-state index in [1.54, 1.807) is 18.2 Å². The molecule has 2 aromatic rings. The number of piperidine rings is 1. The van der Waals surface area contributed by atoms with Gasteiger partial charge in [0.05, 0.1) is 17.6 Å². The van der Waals surface area contributed by atoms with Gasteiger partial charge in [0.25, 0.3) is 0 Å². The standard InChI is InChI=1S/C16H22N4O3S2/c1-2-3-9-17-16(21)12-6-5-10-20(11-12)25(22,23)14-8-4-7-13-15(14)19-24-18-13/h4,7-8,12H,2-3,5-6,9-11H2,1H3,(H,17,21)/t12-/m0/s1. The number of unbranched alkanes of at least 4 members (excludes halogenated alkanes) is 1. The molecule has 1 atom stereocenters. The van der Waals surface area contributed by atoms with E-state index in [1.807, 2.05) is 0 Å². The lowest BCUT2D eigenvalue weighted by molar-refractivity contribution is -0.126. The predicted octanol–water partition coefficient (Wildman–Crippen LogP) is 2.01. The van der Waals surface area contributed by atoms with Crippen molar-refractivity contribution in [2.45, 2.75) is 37.5 Å². The fraction of sp³-hybridized carbons (Fsp3) is 0.562. The van der Waals surface area contributed by atoms with Gasteiger partial charge in [0, 0.05) is 19.6 Å². The first-order valence-electron chi connectivity index (χ1n) is 8.53. The highest BCUT2D eigenvalue weighted by molar-refractivity contribution is 7.89. The fourth-order valence-corrected chi connectivity index (χ4v) is 5.31. The van der Waals surface area contributed by atoms with Gasteiger partial charge in [0.1, 0.15) is 15.9 Å². The lowest BCUT2D eigenvalue weighted by Crippen LogP contribution is -2.45. The summed E-state index contributed by atoms with van der Waals surface area (Å²) in [6.45, 7) is 3.35. The first-order chi connectivity index (χ1) is 12.0. The topological polar surface area (TPSA) is 92.3 Å². The lowest BCUT2D eigenvalue weighted by atomic mass is 9.99.